The number of rotatable bonds is 9. The summed E-state index contributed by atoms with van der Waals surface area (Å²) in [6, 6.07) is 2.27. The van der Waals surface area contributed by atoms with Crippen LogP contribution >= 0.6 is 11.3 Å². The molecule has 0 atom stereocenters. The summed E-state index contributed by atoms with van der Waals surface area (Å²) in [5.74, 6) is 6.64. The van der Waals surface area contributed by atoms with E-state index in [9.17, 15) is 0 Å². The van der Waals surface area contributed by atoms with Crippen LogP contribution in [0.3, 0.4) is 0 Å². The van der Waals surface area contributed by atoms with Gasteiger partial charge in [-0.1, -0.05) is 33.1 Å². The number of hydrogen-bond donors (Lipinski definition) is 0. The highest BCUT2D eigenvalue weighted by Crippen LogP contribution is 2.19. The van der Waals surface area contributed by atoms with Crippen LogP contribution in [0.25, 0.3) is 0 Å². The molecule has 0 aliphatic rings. The van der Waals surface area contributed by atoms with E-state index < -0.39 is 0 Å². The van der Waals surface area contributed by atoms with Crippen molar-refractivity contribution in [3.63, 3.8) is 0 Å². The molecule has 0 radical (unpaired) electrons. The summed E-state index contributed by atoms with van der Waals surface area (Å²) in [7, 11) is 0. The Morgan fingerprint density at radius 3 is 2.37 bits per heavy atom. The van der Waals surface area contributed by atoms with E-state index in [4.69, 9.17) is 0 Å². The monoisotopic (exact) mass is 276 g/mol. The van der Waals surface area contributed by atoms with Crippen LogP contribution in [0.5, 0.6) is 0 Å². The van der Waals surface area contributed by atoms with Crippen molar-refractivity contribution in [1.29, 1.82) is 0 Å². The lowest BCUT2D eigenvalue weighted by molar-refractivity contribution is 0.679. The van der Waals surface area contributed by atoms with Crippen LogP contribution in [0.1, 0.15) is 75.7 Å². The van der Waals surface area contributed by atoms with Crippen molar-refractivity contribution in [2.24, 2.45) is 0 Å². The van der Waals surface area contributed by atoms with Crippen molar-refractivity contribution < 1.29 is 0 Å². The van der Waals surface area contributed by atoms with Crippen molar-refractivity contribution in [2.75, 3.05) is 0 Å². The number of aryl methyl sites for hydroxylation is 2. The molecule has 1 rings (SSSR count). The van der Waals surface area contributed by atoms with Crippen molar-refractivity contribution in [3.8, 4) is 11.8 Å². The molecule has 0 aliphatic heterocycles. The summed E-state index contributed by atoms with van der Waals surface area (Å²) in [4.78, 5) is 1.59. The van der Waals surface area contributed by atoms with E-state index in [0.29, 0.717) is 0 Å². The van der Waals surface area contributed by atoms with E-state index >= 15 is 0 Å². The predicted molar refractivity (Wildman–Crippen MR) is 87.8 cm³/mol. The van der Waals surface area contributed by atoms with Crippen molar-refractivity contribution in [2.45, 2.75) is 78.1 Å². The molecule has 0 nitrogen and oxygen atoms in total. The second kappa shape index (κ2) is 11.1. The molecular weight excluding hydrogens is 248 g/mol. The average Bonchev–Trinajstić information content (AvgIpc) is 2.88. The molecule has 1 aromatic rings. The molecule has 0 bridgehead atoms. The van der Waals surface area contributed by atoms with Crippen LogP contribution in [-0.2, 0) is 12.8 Å². The predicted octanol–water partition coefficient (Wildman–Crippen LogP) is 6.00. The normalized spacial score (nSPS) is 10.2. The third-order valence-corrected chi connectivity index (χ3v) is 4.48. The van der Waals surface area contributed by atoms with Gasteiger partial charge in [-0.2, -0.15) is 0 Å². The first-order valence-electron chi connectivity index (χ1n) is 7.89. The van der Waals surface area contributed by atoms with Gasteiger partial charge in [-0.15, -0.1) is 23.2 Å². The molecule has 0 fully saturated rings. The van der Waals surface area contributed by atoms with E-state index in [1.807, 2.05) is 11.3 Å². The summed E-state index contributed by atoms with van der Waals surface area (Å²) < 4.78 is 0. The van der Waals surface area contributed by atoms with Gasteiger partial charge in [-0.3, -0.25) is 0 Å². The van der Waals surface area contributed by atoms with Crippen molar-refractivity contribution in [1.82, 2.24) is 0 Å². The second-order valence-electron chi connectivity index (χ2n) is 5.09. The molecular formula is C18H28S. The van der Waals surface area contributed by atoms with Crippen LogP contribution in [0.2, 0.25) is 0 Å². The molecule has 0 N–H and O–H groups in total. The van der Waals surface area contributed by atoms with Crippen molar-refractivity contribution in [3.05, 3.63) is 21.9 Å². The highest BCUT2D eigenvalue weighted by molar-refractivity contribution is 7.10. The van der Waals surface area contributed by atoms with E-state index in [-0.39, 0.29) is 0 Å². The zero-order chi connectivity index (χ0) is 13.8. The van der Waals surface area contributed by atoms with Gasteiger partial charge in [-0.05, 0) is 49.1 Å². The fourth-order valence-electron chi connectivity index (χ4n) is 2.22. The Balaban J connectivity index is 2.01. The van der Waals surface area contributed by atoms with E-state index in [1.54, 1.807) is 10.4 Å². The molecule has 1 heteroatoms. The first-order chi connectivity index (χ1) is 9.38. The van der Waals surface area contributed by atoms with E-state index in [0.717, 1.165) is 12.8 Å². The molecule has 0 saturated carbocycles. The SMILES string of the molecule is CCCCCCC#CCCCCc1sccc1CC. The number of hydrogen-bond acceptors (Lipinski definition) is 1. The Bertz CT molecular complexity index is 378. The lowest BCUT2D eigenvalue weighted by Crippen LogP contribution is -1.86. The maximum atomic E-state index is 3.32. The van der Waals surface area contributed by atoms with Gasteiger partial charge >= 0.3 is 0 Å². The summed E-state index contributed by atoms with van der Waals surface area (Å²) >= 11 is 1.92. The van der Waals surface area contributed by atoms with Gasteiger partial charge in [-0.25, -0.2) is 0 Å². The highest BCUT2D eigenvalue weighted by Gasteiger charge is 2.01. The van der Waals surface area contributed by atoms with E-state index in [2.05, 4.69) is 37.1 Å². The molecule has 0 aliphatic carbocycles. The third kappa shape index (κ3) is 7.43. The number of thiophene rings is 1. The Morgan fingerprint density at radius 1 is 0.947 bits per heavy atom. The van der Waals surface area contributed by atoms with Crippen LogP contribution in [0, 0.1) is 11.8 Å². The summed E-state index contributed by atoms with van der Waals surface area (Å²) in [6.45, 7) is 4.50. The molecule has 19 heavy (non-hydrogen) atoms. The molecule has 1 aromatic heterocycles. The lowest BCUT2D eigenvalue weighted by atomic mass is 10.1. The molecule has 0 saturated heterocycles. The fraction of sp³-hybridized carbons (Fsp3) is 0.667. The molecule has 1 heterocycles. The number of unbranched alkanes of at least 4 members (excludes halogenated alkanes) is 6. The van der Waals surface area contributed by atoms with Gasteiger partial charge in [0.25, 0.3) is 0 Å². The van der Waals surface area contributed by atoms with Crippen LogP contribution in [0.15, 0.2) is 11.4 Å². The zero-order valence-electron chi connectivity index (χ0n) is 12.6. The first-order valence-corrected chi connectivity index (χ1v) is 8.77. The molecule has 0 unspecified atom stereocenters. The third-order valence-electron chi connectivity index (χ3n) is 3.45. The molecule has 0 aromatic carbocycles. The van der Waals surface area contributed by atoms with Gasteiger partial charge < -0.3 is 0 Å². The van der Waals surface area contributed by atoms with Gasteiger partial charge in [0, 0.05) is 17.7 Å². The molecule has 0 spiro atoms. The minimum absolute atomic E-state index is 1.08. The summed E-state index contributed by atoms with van der Waals surface area (Å²) in [6.07, 6.45) is 12.5. The van der Waals surface area contributed by atoms with Crippen LogP contribution in [-0.4, -0.2) is 0 Å². The Labute approximate surface area is 123 Å². The van der Waals surface area contributed by atoms with Gasteiger partial charge in [0.1, 0.15) is 0 Å². The Hall–Kier alpha value is -0.740. The maximum absolute atomic E-state index is 3.32. The largest absolute Gasteiger partial charge is 0.149 e. The lowest BCUT2D eigenvalue weighted by Gasteiger charge is -1.99. The average molecular weight is 276 g/mol. The Kier molecular flexibility index (Phi) is 9.55. The van der Waals surface area contributed by atoms with Gasteiger partial charge in [0.05, 0.1) is 0 Å². The minimum Gasteiger partial charge on any atom is -0.149 e. The smallest absolute Gasteiger partial charge is 0.00888 e. The van der Waals surface area contributed by atoms with Crippen molar-refractivity contribution >= 4 is 11.3 Å². The first kappa shape index (κ1) is 16.3. The van der Waals surface area contributed by atoms with E-state index in [1.165, 1.54) is 51.4 Å². The zero-order valence-corrected chi connectivity index (χ0v) is 13.5. The Morgan fingerprint density at radius 2 is 1.68 bits per heavy atom. The van der Waals surface area contributed by atoms with Crippen LogP contribution in [0.4, 0.5) is 0 Å². The highest BCUT2D eigenvalue weighted by atomic mass is 32.1. The summed E-state index contributed by atoms with van der Waals surface area (Å²) in [5.41, 5.74) is 1.55. The second-order valence-corrected chi connectivity index (χ2v) is 6.09. The van der Waals surface area contributed by atoms with Gasteiger partial charge in [0.2, 0.25) is 0 Å². The fourth-order valence-corrected chi connectivity index (χ4v) is 3.24. The molecule has 106 valence electrons. The maximum Gasteiger partial charge on any atom is 0.00888 e. The van der Waals surface area contributed by atoms with Crippen LogP contribution < -0.4 is 0 Å². The quantitative estimate of drug-likeness (QED) is 0.383. The molecule has 0 amide bonds. The standard InChI is InChI=1S/C18H28S/c1-3-5-6-7-8-9-10-11-12-13-14-18-17(4-2)15-16-19-18/h15-16H,3-8,11-14H2,1-2H3. The minimum atomic E-state index is 1.08. The summed E-state index contributed by atoms with van der Waals surface area (Å²) in [5, 5.41) is 2.23. The topological polar surface area (TPSA) is 0 Å². The van der Waals surface area contributed by atoms with Gasteiger partial charge in [0.15, 0.2) is 0 Å².